The topological polar surface area (TPSA) is 98.7 Å². The lowest BCUT2D eigenvalue weighted by atomic mass is 10.1. The third-order valence-electron chi connectivity index (χ3n) is 2.90. The van der Waals surface area contributed by atoms with Gasteiger partial charge in [-0.1, -0.05) is 33.1 Å². The minimum atomic E-state index is -1.13. The van der Waals surface area contributed by atoms with Gasteiger partial charge in [-0.25, -0.2) is 9.59 Å². The molecule has 0 aliphatic heterocycles. The summed E-state index contributed by atoms with van der Waals surface area (Å²) in [5, 5.41) is 22.8. The van der Waals surface area contributed by atoms with Gasteiger partial charge in [-0.2, -0.15) is 0 Å². The molecule has 0 fully saturated rings. The van der Waals surface area contributed by atoms with Gasteiger partial charge in [0.1, 0.15) is 6.04 Å². The van der Waals surface area contributed by atoms with Crippen molar-refractivity contribution in [1.82, 2.24) is 10.6 Å². The van der Waals surface area contributed by atoms with Crippen LogP contribution in [0.4, 0.5) is 4.79 Å². The molecule has 0 saturated heterocycles. The summed E-state index contributed by atoms with van der Waals surface area (Å²) in [6.45, 7) is 3.86. The number of nitrogens with one attached hydrogen (secondary N) is 2. The fourth-order valence-corrected chi connectivity index (χ4v) is 1.86. The lowest BCUT2D eigenvalue weighted by molar-refractivity contribution is -0.139. The molecule has 0 bridgehead atoms. The van der Waals surface area contributed by atoms with E-state index in [0.717, 1.165) is 32.1 Å². The van der Waals surface area contributed by atoms with Crippen molar-refractivity contribution in [2.45, 2.75) is 64.5 Å². The molecule has 0 aromatic carbocycles. The first-order chi connectivity index (χ1) is 9.04. The van der Waals surface area contributed by atoms with Crippen molar-refractivity contribution in [2.75, 3.05) is 6.61 Å². The van der Waals surface area contributed by atoms with E-state index in [4.69, 9.17) is 10.2 Å². The van der Waals surface area contributed by atoms with Gasteiger partial charge in [0.2, 0.25) is 0 Å². The minimum absolute atomic E-state index is 0.0101. The number of aliphatic hydroxyl groups is 1. The first-order valence-electron chi connectivity index (χ1n) is 6.95. The molecule has 0 rings (SSSR count). The lowest BCUT2D eigenvalue weighted by Crippen LogP contribution is -2.49. The third kappa shape index (κ3) is 8.42. The maximum absolute atomic E-state index is 11.7. The van der Waals surface area contributed by atoms with E-state index in [-0.39, 0.29) is 19.1 Å². The Balaban J connectivity index is 4.25. The SMILES string of the molecule is CCCCC(CCC)NC(=O)N[C@@H](CCO)C(=O)O. The Morgan fingerprint density at radius 3 is 2.21 bits per heavy atom. The van der Waals surface area contributed by atoms with Crippen LogP contribution in [0.2, 0.25) is 0 Å². The van der Waals surface area contributed by atoms with Crippen LogP contribution >= 0.6 is 0 Å². The van der Waals surface area contributed by atoms with E-state index in [1.807, 2.05) is 6.92 Å². The van der Waals surface area contributed by atoms with Crippen LogP contribution in [0.25, 0.3) is 0 Å². The average Bonchev–Trinajstić information content (AvgIpc) is 2.35. The van der Waals surface area contributed by atoms with Crippen molar-refractivity contribution >= 4 is 12.0 Å². The van der Waals surface area contributed by atoms with Gasteiger partial charge in [0.05, 0.1) is 0 Å². The molecule has 0 spiro atoms. The monoisotopic (exact) mass is 274 g/mol. The number of rotatable bonds is 10. The van der Waals surface area contributed by atoms with Crippen LogP contribution in [0.3, 0.4) is 0 Å². The van der Waals surface area contributed by atoms with Crippen molar-refractivity contribution in [2.24, 2.45) is 0 Å². The van der Waals surface area contributed by atoms with E-state index >= 15 is 0 Å². The molecule has 0 saturated carbocycles. The second kappa shape index (κ2) is 10.6. The van der Waals surface area contributed by atoms with Crippen molar-refractivity contribution in [3.05, 3.63) is 0 Å². The van der Waals surface area contributed by atoms with E-state index in [1.54, 1.807) is 0 Å². The van der Waals surface area contributed by atoms with Gasteiger partial charge < -0.3 is 20.8 Å². The number of carboxylic acids is 1. The van der Waals surface area contributed by atoms with Gasteiger partial charge in [0.25, 0.3) is 0 Å². The molecule has 1 unspecified atom stereocenters. The number of aliphatic carboxylic acids is 1. The summed E-state index contributed by atoms with van der Waals surface area (Å²) in [6, 6.07) is -1.44. The van der Waals surface area contributed by atoms with Gasteiger partial charge in [0, 0.05) is 19.1 Å². The Hall–Kier alpha value is -1.30. The van der Waals surface area contributed by atoms with Crippen LogP contribution in [-0.4, -0.2) is 40.9 Å². The fourth-order valence-electron chi connectivity index (χ4n) is 1.86. The maximum Gasteiger partial charge on any atom is 0.326 e. The molecule has 0 aromatic heterocycles. The highest BCUT2D eigenvalue weighted by atomic mass is 16.4. The molecule has 0 radical (unpaired) electrons. The summed E-state index contributed by atoms with van der Waals surface area (Å²) in [5.74, 6) is -1.13. The number of urea groups is 1. The second-order valence-corrected chi connectivity index (χ2v) is 4.65. The number of hydrogen-bond acceptors (Lipinski definition) is 3. The number of amides is 2. The van der Waals surface area contributed by atoms with E-state index < -0.39 is 18.0 Å². The summed E-state index contributed by atoms with van der Waals surface area (Å²) >= 11 is 0. The van der Waals surface area contributed by atoms with Crippen LogP contribution in [0.15, 0.2) is 0 Å². The maximum atomic E-state index is 11.7. The lowest BCUT2D eigenvalue weighted by Gasteiger charge is -2.20. The zero-order valence-corrected chi connectivity index (χ0v) is 11.8. The highest BCUT2D eigenvalue weighted by Crippen LogP contribution is 2.06. The summed E-state index contributed by atoms with van der Waals surface area (Å²) in [5.41, 5.74) is 0. The number of aliphatic hydroxyl groups excluding tert-OH is 1. The standard InChI is InChI=1S/C13H26N2O4/c1-3-5-7-10(6-4-2)14-13(19)15-11(8-9-16)12(17)18/h10-11,16H,3-9H2,1-2H3,(H,17,18)(H2,14,15,19)/t10?,11-/m0/s1. The van der Waals surface area contributed by atoms with Gasteiger partial charge in [-0.15, -0.1) is 0 Å². The van der Waals surface area contributed by atoms with Gasteiger partial charge >= 0.3 is 12.0 Å². The van der Waals surface area contributed by atoms with E-state index in [2.05, 4.69) is 17.6 Å². The Kier molecular flexibility index (Phi) is 9.88. The van der Waals surface area contributed by atoms with Gasteiger partial charge in [-0.05, 0) is 12.8 Å². The van der Waals surface area contributed by atoms with Crippen LogP contribution in [-0.2, 0) is 4.79 Å². The molecule has 4 N–H and O–H groups in total. The van der Waals surface area contributed by atoms with Gasteiger partial charge in [-0.3, -0.25) is 0 Å². The largest absolute Gasteiger partial charge is 0.480 e. The minimum Gasteiger partial charge on any atom is -0.480 e. The predicted molar refractivity (Wildman–Crippen MR) is 73.0 cm³/mol. The van der Waals surface area contributed by atoms with Crippen LogP contribution in [0, 0.1) is 0 Å². The van der Waals surface area contributed by atoms with E-state index in [9.17, 15) is 9.59 Å². The highest BCUT2D eigenvalue weighted by molar-refractivity contribution is 5.82. The molecule has 0 aliphatic carbocycles. The Morgan fingerprint density at radius 2 is 1.74 bits per heavy atom. The molecular formula is C13H26N2O4. The summed E-state index contributed by atoms with van der Waals surface area (Å²) in [4.78, 5) is 22.6. The predicted octanol–water partition coefficient (Wildman–Crippen LogP) is 1.48. The average molecular weight is 274 g/mol. The van der Waals surface area contributed by atoms with Crippen LogP contribution < -0.4 is 10.6 Å². The third-order valence-corrected chi connectivity index (χ3v) is 2.90. The molecule has 19 heavy (non-hydrogen) atoms. The molecule has 2 atom stereocenters. The second-order valence-electron chi connectivity index (χ2n) is 4.65. The Bertz CT molecular complexity index is 271. The smallest absolute Gasteiger partial charge is 0.326 e. The van der Waals surface area contributed by atoms with Gasteiger partial charge in [0.15, 0.2) is 0 Å². The number of unbranched alkanes of at least 4 members (excludes halogenated alkanes) is 1. The Labute approximate surface area is 114 Å². The first-order valence-corrected chi connectivity index (χ1v) is 6.95. The zero-order chi connectivity index (χ0) is 14.7. The molecular weight excluding hydrogens is 248 g/mol. The highest BCUT2D eigenvalue weighted by Gasteiger charge is 2.20. The quantitative estimate of drug-likeness (QED) is 0.485. The number of carbonyl (C=O) groups excluding carboxylic acids is 1. The molecule has 6 heteroatoms. The molecule has 6 nitrogen and oxygen atoms in total. The number of hydrogen-bond donors (Lipinski definition) is 4. The first kappa shape index (κ1) is 17.7. The normalized spacial score (nSPS) is 13.6. The number of carbonyl (C=O) groups is 2. The van der Waals surface area contributed by atoms with Crippen molar-refractivity contribution in [1.29, 1.82) is 0 Å². The van der Waals surface area contributed by atoms with Crippen molar-refractivity contribution in [3.63, 3.8) is 0 Å². The summed E-state index contributed by atoms with van der Waals surface area (Å²) in [6.07, 6.45) is 4.85. The van der Waals surface area contributed by atoms with E-state index in [0.29, 0.717) is 0 Å². The summed E-state index contributed by atoms with van der Waals surface area (Å²) < 4.78 is 0. The van der Waals surface area contributed by atoms with E-state index in [1.165, 1.54) is 0 Å². The molecule has 0 aromatic rings. The Morgan fingerprint density at radius 1 is 1.05 bits per heavy atom. The van der Waals surface area contributed by atoms with Crippen LogP contribution in [0.1, 0.15) is 52.4 Å². The summed E-state index contributed by atoms with van der Waals surface area (Å²) in [7, 11) is 0. The zero-order valence-electron chi connectivity index (χ0n) is 11.8. The molecule has 112 valence electrons. The fraction of sp³-hybridized carbons (Fsp3) is 0.846. The molecule has 0 heterocycles. The molecule has 2 amide bonds. The van der Waals surface area contributed by atoms with Crippen LogP contribution in [0.5, 0.6) is 0 Å². The molecule has 0 aliphatic rings. The van der Waals surface area contributed by atoms with Crippen molar-refractivity contribution < 1.29 is 19.8 Å². The van der Waals surface area contributed by atoms with Crippen molar-refractivity contribution in [3.8, 4) is 0 Å². The number of carboxylic acid groups (broad SMARTS) is 1.